The van der Waals surface area contributed by atoms with Crippen molar-refractivity contribution in [2.45, 2.75) is 12.6 Å². The predicted molar refractivity (Wildman–Crippen MR) is 117 cm³/mol. The minimum atomic E-state index is -0.0904. The van der Waals surface area contributed by atoms with Crippen LogP contribution in [-0.4, -0.2) is 36.3 Å². The number of likely N-dealkylation sites (N-methyl/N-ethyl adjacent to an activating group) is 1. The van der Waals surface area contributed by atoms with Gasteiger partial charge in [-0.1, -0.05) is 42.5 Å². The molecule has 4 aromatic rings. The van der Waals surface area contributed by atoms with E-state index in [1.165, 1.54) is 4.90 Å². The average Bonchev–Trinajstić information content (AvgIpc) is 3.19. The second kappa shape index (κ2) is 7.93. The highest BCUT2D eigenvalue weighted by atomic mass is 32.1. The maximum absolute atomic E-state index is 12.6. The highest BCUT2D eigenvalue weighted by Gasteiger charge is 2.24. The molecule has 0 bridgehead atoms. The zero-order valence-corrected chi connectivity index (χ0v) is 17.4. The summed E-state index contributed by atoms with van der Waals surface area (Å²) in [7, 11) is 2.07. The summed E-state index contributed by atoms with van der Waals surface area (Å²) in [6.07, 6.45) is -0.0400. The summed E-state index contributed by atoms with van der Waals surface area (Å²) in [5.41, 5.74) is 1.01. The highest BCUT2D eigenvalue weighted by Crippen LogP contribution is 2.31. The van der Waals surface area contributed by atoms with Crippen LogP contribution in [0.2, 0.25) is 0 Å². The zero-order valence-electron chi connectivity index (χ0n) is 16.6. The van der Waals surface area contributed by atoms with Crippen molar-refractivity contribution in [3.05, 3.63) is 76.8 Å². The van der Waals surface area contributed by atoms with Crippen LogP contribution in [-0.2, 0) is 6.54 Å². The lowest BCUT2D eigenvalue weighted by Gasteiger charge is -2.27. The first-order valence-corrected chi connectivity index (χ1v) is 10.8. The van der Waals surface area contributed by atoms with Gasteiger partial charge in [-0.3, -0.25) is 4.79 Å². The molecule has 0 saturated heterocycles. The van der Waals surface area contributed by atoms with Gasteiger partial charge in [0.2, 0.25) is 0 Å². The van der Waals surface area contributed by atoms with E-state index in [0.717, 1.165) is 33.3 Å². The smallest absolute Gasteiger partial charge is 0.259 e. The van der Waals surface area contributed by atoms with Crippen molar-refractivity contribution in [1.82, 2.24) is 9.97 Å². The van der Waals surface area contributed by atoms with Crippen molar-refractivity contribution in [3.8, 4) is 21.9 Å². The molecule has 0 saturated carbocycles. The lowest BCUT2D eigenvalue weighted by Crippen LogP contribution is -3.09. The summed E-state index contributed by atoms with van der Waals surface area (Å²) >= 11 is 1.55. The summed E-state index contributed by atoms with van der Waals surface area (Å²) in [5.74, 6) is 2.25. The number of nitrogens with one attached hydrogen (secondary N) is 2. The standard InChI is InChI=1S/C23H21N3O3S/c1-26(12-16-14-28-18-9-5-6-10-19(18)29-16)13-21-24-22(27)17-11-20(30-23(17)25-21)15-7-3-2-4-8-15/h2-11,16H,12-14H2,1H3,(H,24,25,27)/p+1/t16-/m0/s1. The first kappa shape index (κ1) is 18.8. The topological polar surface area (TPSA) is 68.7 Å². The van der Waals surface area contributed by atoms with Crippen LogP contribution in [0.5, 0.6) is 11.5 Å². The van der Waals surface area contributed by atoms with E-state index in [9.17, 15) is 4.79 Å². The summed E-state index contributed by atoms with van der Waals surface area (Å²) in [6.45, 7) is 1.86. The molecular formula is C23H22N3O3S+. The molecule has 3 heterocycles. The van der Waals surface area contributed by atoms with E-state index in [1.54, 1.807) is 11.3 Å². The summed E-state index contributed by atoms with van der Waals surface area (Å²) in [4.78, 5) is 23.3. The van der Waals surface area contributed by atoms with Gasteiger partial charge in [0.15, 0.2) is 23.4 Å². The van der Waals surface area contributed by atoms with E-state index in [4.69, 9.17) is 14.5 Å². The summed E-state index contributed by atoms with van der Waals surface area (Å²) < 4.78 is 11.8. The number of benzene rings is 2. The molecule has 1 aliphatic rings. The number of rotatable bonds is 5. The van der Waals surface area contributed by atoms with E-state index < -0.39 is 0 Å². The Morgan fingerprint density at radius 2 is 1.90 bits per heavy atom. The van der Waals surface area contributed by atoms with Gasteiger partial charge in [-0.15, -0.1) is 11.3 Å². The number of hydrogen-bond acceptors (Lipinski definition) is 5. The Morgan fingerprint density at radius 3 is 2.73 bits per heavy atom. The van der Waals surface area contributed by atoms with Crippen molar-refractivity contribution in [2.75, 3.05) is 20.2 Å². The van der Waals surface area contributed by atoms with Crippen molar-refractivity contribution in [2.24, 2.45) is 0 Å². The maximum Gasteiger partial charge on any atom is 0.259 e. The lowest BCUT2D eigenvalue weighted by atomic mass is 10.2. The van der Waals surface area contributed by atoms with Gasteiger partial charge in [0.25, 0.3) is 5.56 Å². The number of para-hydroxylation sites is 2. The fourth-order valence-corrected chi connectivity index (χ4v) is 4.77. The number of quaternary nitrogens is 1. The number of H-pyrrole nitrogens is 1. The molecule has 0 radical (unpaired) electrons. The number of ether oxygens (including phenoxy) is 2. The number of thiophene rings is 1. The molecule has 2 N–H and O–H groups in total. The van der Waals surface area contributed by atoms with Crippen LogP contribution in [0.15, 0.2) is 65.5 Å². The second-order valence-corrected chi connectivity index (χ2v) is 8.57. The molecule has 2 aromatic heterocycles. The Morgan fingerprint density at radius 1 is 1.13 bits per heavy atom. The first-order chi connectivity index (χ1) is 14.7. The van der Waals surface area contributed by atoms with Crippen LogP contribution in [0.4, 0.5) is 0 Å². The third-order valence-electron chi connectivity index (χ3n) is 5.12. The van der Waals surface area contributed by atoms with Gasteiger partial charge < -0.3 is 19.4 Å². The molecule has 0 spiro atoms. The van der Waals surface area contributed by atoms with E-state index in [1.807, 2.05) is 60.7 Å². The fraction of sp³-hybridized carbons (Fsp3) is 0.217. The van der Waals surface area contributed by atoms with Crippen LogP contribution in [0.25, 0.3) is 20.7 Å². The van der Waals surface area contributed by atoms with Gasteiger partial charge in [-0.2, -0.15) is 0 Å². The Kier molecular flexibility index (Phi) is 4.98. The molecule has 1 aliphatic heterocycles. The van der Waals surface area contributed by atoms with Gasteiger partial charge in [0, 0.05) is 4.88 Å². The van der Waals surface area contributed by atoms with Crippen LogP contribution in [0.1, 0.15) is 5.82 Å². The van der Waals surface area contributed by atoms with E-state index in [2.05, 4.69) is 12.0 Å². The predicted octanol–water partition coefficient (Wildman–Crippen LogP) is 2.51. The molecule has 5 rings (SSSR count). The van der Waals surface area contributed by atoms with Crippen LogP contribution in [0, 0.1) is 0 Å². The third-order valence-corrected chi connectivity index (χ3v) is 6.20. The molecule has 0 amide bonds. The van der Waals surface area contributed by atoms with E-state index in [0.29, 0.717) is 24.4 Å². The molecule has 2 aromatic carbocycles. The van der Waals surface area contributed by atoms with Crippen LogP contribution < -0.4 is 19.9 Å². The van der Waals surface area contributed by atoms with E-state index in [-0.39, 0.29) is 11.7 Å². The number of fused-ring (bicyclic) bond motifs is 2. The average molecular weight is 421 g/mol. The minimum absolute atomic E-state index is 0.0400. The van der Waals surface area contributed by atoms with Crippen molar-refractivity contribution < 1.29 is 14.4 Å². The number of nitrogens with zero attached hydrogens (tertiary/aromatic N) is 1. The van der Waals surface area contributed by atoms with Crippen LogP contribution in [0.3, 0.4) is 0 Å². The van der Waals surface area contributed by atoms with Gasteiger partial charge in [0.05, 0.1) is 12.4 Å². The normalized spacial score (nSPS) is 16.5. The monoisotopic (exact) mass is 420 g/mol. The molecule has 2 atom stereocenters. The number of aromatic amines is 1. The minimum Gasteiger partial charge on any atom is -0.486 e. The van der Waals surface area contributed by atoms with Gasteiger partial charge >= 0.3 is 0 Å². The Bertz CT molecular complexity index is 1240. The molecular weight excluding hydrogens is 398 g/mol. The largest absolute Gasteiger partial charge is 0.486 e. The molecule has 6 nitrogen and oxygen atoms in total. The summed E-state index contributed by atoms with van der Waals surface area (Å²) in [6, 6.07) is 19.7. The fourth-order valence-electron chi connectivity index (χ4n) is 3.71. The van der Waals surface area contributed by atoms with Gasteiger partial charge in [-0.25, -0.2) is 4.98 Å². The molecule has 1 unspecified atom stereocenters. The Balaban J connectivity index is 1.31. The molecule has 30 heavy (non-hydrogen) atoms. The molecule has 7 heteroatoms. The first-order valence-electron chi connectivity index (χ1n) is 9.93. The van der Waals surface area contributed by atoms with Crippen molar-refractivity contribution >= 4 is 21.6 Å². The quantitative estimate of drug-likeness (QED) is 0.521. The number of hydrogen-bond donors (Lipinski definition) is 2. The Labute approximate surface area is 177 Å². The van der Waals surface area contributed by atoms with Crippen molar-refractivity contribution in [1.29, 1.82) is 0 Å². The van der Waals surface area contributed by atoms with Crippen molar-refractivity contribution in [3.63, 3.8) is 0 Å². The summed E-state index contributed by atoms with van der Waals surface area (Å²) in [5, 5.41) is 0.640. The zero-order chi connectivity index (χ0) is 20.5. The van der Waals surface area contributed by atoms with E-state index >= 15 is 0 Å². The molecule has 152 valence electrons. The Hall–Kier alpha value is -3.16. The third kappa shape index (κ3) is 3.81. The highest BCUT2D eigenvalue weighted by molar-refractivity contribution is 7.21. The second-order valence-electron chi connectivity index (χ2n) is 7.54. The van der Waals surface area contributed by atoms with Gasteiger partial charge in [-0.05, 0) is 23.8 Å². The van der Waals surface area contributed by atoms with Gasteiger partial charge in [0.1, 0.15) is 24.5 Å². The molecule has 0 fully saturated rings. The molecule has 0 aliphatic carbocycles. The lowest BCUT2D eigenvalue weighted by molar-refractivity contribution is -0.897. The number of aromatic nitrogens is 2. The van der Waals surface area contributed by atoms with Crippen LogP contribution >= 0.6 is 11.3 Å². The SMILES string of the molecule is C[NH+](Cc1nc2sc(-c3ccccc3)cc2c(=O)[nH]1)C[C@H]1COc2ccccc2O1. The maximum atomic E-state index is 12.6.